The van der Waals surface area contributed by atoms with Crippen LogP contribution in [0.2, 0.25) is 0 Å². The van der Waals surface area contributed by atoms with Crippen LogP contribution in [-0.4, -0.2) is 34.6 Å². The summed E-state index contributed by atoms with van der Waals surface area (Å²) in [7, 11) is 0. The third-order valence-corrected chi connectivity index (χ3v) is 7.30. The lowest BCUT2D eigenvalue weighted by Crippen LogP contribution is -2.61. The number of carbonyl (C=O) groups is 1. The van der Waals surface area contributed by atoms with E-state index in [1.807, 2.05) is 23.1 Å². The van der Waals surface area contributed by atoms with Crippen molar-refractivity contribution in [2.45, 2.75) is 69.3 Å². The van der Waals surface area contributed by atoms with Crippen molar-refractivity contribution in [1.29, 1.82) is 0 Å². The molecule has 1 unspecified atom stereocenters. The van der Waals surface area contributed by atoms with Gasteiger partial charge in [0.05, 0.1) is 5.60 Å². The molecule has 5 rings (SSSR count). The fourth-order valence-corrected chi connectivity index (χ4v) is 5.71. The summed E-state index contributed by atoms with van der Waals surface area (Å²) in [4.78, 5) is 14.5. The van der Waals surface area contributed by atoms with Crippen LogP contribution in [0.4, 0.5) is 4.39 Å². The Morgan fingerprint density at radius 1 is 1.12 bits per heavy atom. The Morgan fingerprint density at radius 2 is 1.77 bits per heavy atom. The number of halogens is 1. The molecule has 1 N–H and O–H groups in total. The molecule has 1 saturated heterocycles. The highest BCUT2D eigenvalue weighted by atomic mass is 19.1. The number of amides is 1. The van der Waals surface area contributed by atoms with Gasteiger partial charge in [-0.05, 0) is 74.8 Å². The van der Waals surface area contributed by atoms with Crippen LogP contribution in [0, 0.1) is 17.2 Å². The Hall–Kier alpha value is -1.42. The summed E-state index contributed by atoms with van der Waals surface area (Å²) < 4.78 is 14.9. The molecule has 1 amide bonds. The first kappa shape index (κ1) is 16.7. The first-order valence-electron chi connectivity index (χ1n) is 10.2. The molecular weight excluding hydrogens is 329 g/mol. The van der Waals surface area contributed by atoms with Gasteiger partial charge >= 0.3 is 0 Å². The number of hydrogen-bond donors (Lipinski definition) is 1. The first-order chi connectivity index (χ1) is 12.4. The van der Waals surface area contributed by atoms with Crippen LogP contribution in [-0.2, 0) is 4.79 Å². The summed E-state index contributed by atoms with van der Waals surface area (Å²) in [6.07, 6.45) is 6.57. The van der Waals surface area contributed by atoms with Crippen molar-refractivity contribution >= 4 is 5.91 Å². The van der Waals surface area contributed by atoms with Crippen molar-refractivity contribution in [2.75, 3.05) is 13.1 Å². The zero-order chi connectivity index (χ0) is 18.1. The van der Waals surface area contributed by atoms with Crippen molar-refractivity contribution in [2.24, 2.45) is 11.3 Å². The molecule has 4 aliphatic rings. The molecule has 0 aromatic heterocycles. The summed E-state index contributed by atoms with van der Waals surface area (Å²) in [5.74, 6) is 1.01. The summed E-state index contributed by atoms with van der Waals surface area (Å²) in [6.45, 7) is 3.45. The van der Waals surface area contributed by atoms with E-state index in [0.717, 1.165) is 56.3 Å². The molecule has 1 aromatic rings. The summed E-state index contributed by atoms with van der Waals surface area (Å²) in [6, 6.07) is 5.96. The van der Waals surface area contributed by atoms with Crippen LogP contribution >= 0.6 is 0 Å². The minimum Gasteiger partial charge on any atom is -0.390 e. The Kier molecular flexibility index (Phi) is 3.57. The lowest BCUT2D eigenvalue weighted by atomic mass is 9.69. The second kappa shape index (κ2) is 5.54. The molecular formula is C22H28FNO2. The molecule has 1 heterocycles. The zero-order valence-corrected chi connectivity index (χ0v) is 15.5. The average Bonchev–Trinajstić information content (AvgIpc) is 3.28. The van der Waals surface area contributed by atoms with Crippen molar-refractivity contribution in [3.63, 3.8) is 0 Å². The maximum atomic E-state index is 14.9. The van der Waals surface area contributed by atoms with Gasteiger partial charge in [0, 0.05) is 24.4 Å². The van der Waals surface area contributed by atoms with Crippen LogP contribution in [0.15, 0.2) is 18.2 Å². The first-order valence-corrected chi connectivity index (χ1v) is 10.2. The monoisotopic (exact) mass is 357 g/mol. The van der Waals surface area contributed by atoms with E-state index in [2.05, 4.69) is 0 Å². The second-order valence-electron chi connectivity index (χ2n) is 9.76. The molecule has 4 fully saturated rings. The Labute approximate surface area is 154 Å². The van der Waals surface area contributed by atoms with Crippen LogP contribution in [0.1, 0.15) is 74.8 Å². The fourth-order valence-electron chi connectivity index (χ4n) is 5.71. The van der Waals surface area contributed by atoms with E-state index in [1.165, 1.54) is 0 Å². The molecule has 1 spiro atoms. The van der Waals surface area contributed by atoms with Crippen LogP contribution in [0.3, 0.4) is 0 Å². The van der Waals surface area contributed by atoms with Gasteiger partial charge in [-0.15, -0.1) is 0 Å². The smallest absolute Gasteiger partial charge is 0.225 e. The number of nitrogens with zero attached hydrogens (tertiary/aromatic N) is 1. The van der Waals surface area contributed by atoms with E-state index in [4.69, 9.17) is 0 Å². The van der Waals surface area contributed by atoms with Gasteiger partial charge in [0.2, 0.25) is 5.91 Å². The Balaban J connectivity index is 1.22. The average molecular weight is 357 g/mol. The third-order valence-electron chi connectivity index (χ3n) is 7.30. The van der Waals surface area contributed by atoms with Crippen LogP contribution in [0.5, 0.6) is 0 Å². The number of hydrogen-bond acceptors (Lipinski definition) is 2. The zero-order valence-electron chi connectivity index (χ0n) is 15.5. The number of benzene rings is 1. The van der Waals surface area contributed by atoms with Gasteiger partial charge in [0.25, 0.3) is 0 Å². The van der Waals surface area contributed by atoms with E-state index < -0.39 is 5.60 Å². The molecule has 3 saturated carbocycles. The predicted octanol–water partition coefficient (Wildman–Crippen LogP) is 3.96. The van der Waals surface area contributed by atoms with E-state index >= 15 is 0 Å². The van der Waals surface area contributed by atoms with E-state index in [0.29, 0.717) is 24.7 Å². The summed E-state index contributed by atoms with van der Waals surface area (Å²) >= 11 is 0. The van der Waals surface area contributed by atoms with E-state index in [9.17, 15) is 14.3 Å². The van der Waals surface area contributed by atoms with Crippen molar-refractivity contribution in [3.8, 4) is 0 Å². The van der Waals surface area contributed by atoms with E-state index in [1.54, 1.807) is 6.92 Å². The molecule has 26 heavy (non-hydrogen) atoms. The van der Waals surface area contributed by atoms with Crippen molar-refractivity contribution < 1.29 is 14.3 Å². The van der Waals surface area contributed by atoms with Gasteiger partial charge in [-0.3, -0.25) is 4.79 Å². The quantitative estimate of drug-likeness (QED) is 0.889. The van der Waals surface area contributed by atoms with Gasteiger partial charge < -0.3 is 10.0 Å². The summed E-state index contributed by atoms with van der Waals surface area (Å²) in [5, 5.41) is 9.86. The molecule has 0 bridgehead atoms. The molecule has 4 heteroatoms. The Morgan fingerprint density at radius 3 is 2.38 bits per heavy atom. The molecule has 1 atom stereocenters. The highest BCUT2D eigenvalue weighted by Gasteiger charge is 2.53. The number of aliphatic hydroxyl groups is 1. The van der Waals surface area contributed by atoms with Crippen molar-refractivity contribution in [1.82, 2.24) is 4.90 Å². The number of likely N-dealkylation sites (tertiary alicyclic amines) is 1. The molecule has 3 nitrogen and oxygen atoms in total. The van der Waals surface area contributed by atoms with Gasteiger partial charge in [0.15, 0.2) is 0 Å². The second-order valence-corrected chi connectivity index (χ2v) is 9.76. The normalized spacial score (nSPS) is 35.3. The van der Waals surface area contributed by atoms with Gasteiger partial charge in [-0.25, -0.2) is 4.39 Å². The van der Waals surface area contributed by atoms with Crippen LogP contribution in [0.25, 0.3) is 0 Å². The SMILES string of the molecule is C[C@]1(O)C[C@@H](C(=O)N2CC3(CCC(c4cccc(C5CC5)c4F)C3)C2)C1. The topological polar surface area (TPSA) is 40.5 Å². The lowest BCUT2D eigenvalue weighted by Gasteiger charge is -2.52. The molecule has 1 aliphatic heterocycles. The fraction of sp³-hybridized carbons (Fsp3) is 0.682. The van der Waals surface area contributed by atoms with Crippen molar-refractivity contribution in [3.05, 3.63) is 35.1 Å². The predicted molar refractivity (Wildman–Crippen MR) is 97.3 cm³/mol. The number of carbonyl (C=O) groups excluding carboxylic acids is 1. The highest BCUT2D eigenvalue weighted by Crippen LogP contribution is 2.54. The third kappa shape index (κ3) is 2.69. The maximum absolute atomic E-state index is 14.9. The largest absolute Gasteiger partial charge is 0.390 e. The molecule has 0 radical (unpaired) electrons. The maximum Gasteiger partial charge on any atom is 0.225 e. The molecule has 1 aromatic carbocycles. The molecule has 140 valence electrons. The molecule has 3 aliphatic carbocycles. The van der Waals surface area contributed by atoms with Gasteiger partial charge in [-0.1, -0.05) is 18.2 Å². The van der Waals surface area contributed by atoms with Gasteiger partial charge in [0.1, 0.15) is 5.82 Å². The number of rotatable bonds is 3. The highest BCUT2D eigenvalue weighted by molar-refractivity contribution is 5.81. The minimum absolute atomic E-state index is 0.00668. The summed E-state index contributed by atoms with van der Waals surface area (Å²) in [5.41, 5.74) is 1.39. The standard InChI is InChI=1S/C22H28FNO2/c1-21(26)9-16(10-21)20(25)24-12-22(13-24)8-7-15(11-22)18-4-2-3-17(19(18)23)14-5-6-14/h2-4,14-16,26H,5-13H2,1H3/t15?,16-,21+. The lowest BCUT2D eigenvalue weighted by molar-refractivity contribution is -0.161. The van der Waals surface area contributed by atoms with Gasteiger partial charge in [-0.2, -0.15) is 0 Å². The minimum atomic E-state index is -0.647. The van der Waals surface area contributed by atoms with E-state index in [-0.39, 0.29) is 23.1 Å². The van der Waals surface area contributed by atoms with Crippen LogP contribution < -0.4 is 0 Å². The Bertz CT molecular complexity index is 741.